The molecular formula is C25H34O2. The van der Waals surface area contributed by atoms with Crippen molar-refractivity contribution in [2.75, 3.05) is 6.61 Å². The van der Waals surface area contributed by atoms with Gasteiger partial charge in [0, 0.05) is 0 Å². The van der Waals surface area contributed by atoms with Crippen LogP contribution in [-0.2, 0) is 4.74 Å². The fraction of sp³-hybridized carbons (Fsp3) is 0.560. The molecule has 146 valence electrons. The summed E-state index contributed by atoms with van der Waals surface area (Å²) >= 11 is 0. The maximum Gasteiger partial charge on any atom is 0.338 e. The molecule has 0 aromatic heterocycles. The zero-order valence-corrected chi connectivity index (χ0v) is 17.6. The van der Waals surface area contributed by atoms with Crippen LogP contribution in [0.4, 0.5) is 0 Å². The number of allylic oxidation sites excluding steroid dienone is 3. The van der Waals surface area contributed by atoms with Crippen LogP contribution in [0.2, 0.25) is 0 Å². The lowest BCUT2D eigenvalue weighted by Crippen LogP contribution is -2.32. The van der Waals surface area contributed by atoms with Crippen molar-refractivity contribution in [1.29, 1.82) is 0 Å². The first-order chi connectivity index (χ1) is 12.7. The van der Waals surface area contributed by atoms with Crippen molar-refractivity contribution in [3.8, 4) is 0 Å². The zero-order valence-electron chi connectivity index (χ0n) is 17.6. The normalized spacial score (nSPS) is 29.4. The van der Waals surface area contributed by atoms with Gasteiger partial charge in [-0.05, 0) is 66.5 Å². The first-order valence-corrected chi connectivity index (χ1v) is 10.4. The molecule has 2 heteroatoms. The van der Waals surface area contributed by atoms with Crippen molar-refractivity contribution >= 4 is 12.0 Å². The van der Waals surface area contributed by atoms with E-state index in [9.17, 15) is 4.79 Å². The Morgan fingerprint density at radius 3 is 2.48 bits per heavy atom. The van der Waals surface area contributed by atoms with Gasteiger partial charge in [-0.15, -0.1) is 0 Å². The summed E-state index contributed by atoms with van der Waals surface area (Å²) in [5.74, 6) is -0.240. The second-order valence-corrected chi connectivity index (χ2v) is 9.43. The predicted octanol–water partition coefficient (Wildman–Crippen LogP) is 6.82. The summed E-state index contributed by atoms with van der Waals surface area (Å²) in [4.78, 5) is 11.9. The first-order valence-electron chi connectivity index (χ1n) is 10.4. The molecule has 2 atom stereocenters. The molecule has 2 fully saturated rings. The average molecular weight is 367 g/mol. The van der Waals surface area contributed by atoms with Crippen LogP contribution >= 0.6 is 0 Å². The molecule has 0 bridgehead atoms. The Labute approximate surface area is 164 Å². The molecule has 2 nitrogen and oxygen atoms in total. The molecular weight excluding hydrogens is 332 g/mol. The van der Waals surface area contributed by atoms with Crippen molar-refractivity contribution in [1.82, 2.24) is 0 Å². The van der Waals surface area contributed by atoms with Crippen LogP contribution in [0, 0.1) is 16.2 Å². The van der Waals surface area contributed by atoms with Gasteiger partial charge in [0.2, 0.25) is 0 Å². The summed E-state index contributed by atoms with van der Waals surface area (Å²) in [5, 5.41) is 0. The Hall–Kier alpha value is -1.83. The smallest absolute Gasteiger partial charge is 0.338 e. The molecule has 0 radical (unpaired) electrons. The molecule has 1 aromatic rings. The largest absolute Gasteiger partial charge is 0.462 e. The zero-order chi connectivity index (χ0) is 19.7. The summed E-state index contributed by atoms with van der Waals surface area (Å²) in [6.07, 6.45) is 13.2. The number of esters is 1. The molecule has 1 aromatic carbocycles. The van der Waals surface area contributed by atoms with Crippen molar-refractivity contribution < 1.29 is 9.53 Å². The highest BCUT2D eigenvalue weighted by atomic mass is 16.5. The van der Waals surface area contributed by atoms with Gasteiger partial charge in [0.25, 0.3) is 0 Å². The highest BCUT2D eigenvalue weighted by Crippen LogP contribution is 2.78. The SMILES string of the molecule is CCCOC(=O)c1ccc(/C=C(\C)C=CC23CC2(C)CCCC3(C)C)cc1. The van der Waals surface area contributed by atoms with Crippen LogP contribution in [0.15, 0.2) is 42.0 Å². The van der Waals surface area contributed by atoms with Gasteiger partial charge in [-0.3, -0.25) is 0 Å². The lowest BCUT2D eigenvalue weighted by molar-refractivity contribution is 0.0505. The molecule has 2 aliphatic rings. The maximum absolute atomic E-state index is 11.9. The van der Waals surface area contributed by atoms with E-state index in [1.807, 2.05) is 31.2 Å². The van der Waals surface area contributed by atoms with E-state index in [-0.39, 0.29) is 5.97 Å². The van der Waals surface area contributed by atoms with E-state index in [0.29, 0.717) is 28.4 Å². The standard InChI is InChI=1S/C25H34O2/c1-6-16-27-22(26)21-10-8-20(9-11-21)17-19(2)12-15-25-18-24(25,5)14-7-13-23(25,3)4/h8-12,15,17H,6-7,13-14,16,18H2,1-5H3/b15-12?,19-17+. The summed E-state index contributed by atoms with van der Waals surface area (Å²) in [7, 11) is 0. The predicted molar refractivity (Wildman–Crippen MR) is 113 cm³/mol. The maximum atomic E-state index is 11.9. The van der Waals surface area contributed by atoms with Gasteiger partial charge >= 0.3 is 5.97 Å². The van der Waals surface area contributed by atoms with E-state index < -0.39 is 0 Å². The van der Waals surface area contributed by atoms with Gasteiger partial charge in [-0.1, -0.05) is 70.0 Å². The Morgan fingerprint density at radius 1 is 1.15 bits per heavy atom. The monoisotopic (exact) mass is 366 g/mol. The van der Waals surface area contributed by atoms with E-state index in [1.54, 1.807) is 0 Å². The second kappa shape index (κ2) is 7.30. The molecule has 0 saturated heterocycles. The fourth-order valence-electron chi connectivity index (χ4n) is 5.15. The van der Waals surface area contributed by atoms with Gasteiger partial charge in [0.1, 0.15) is 0 Å². The molecule has 3 rings (SSSR count). The number of carbonyl (C=O) groups excluding carboxylic acids is 1. The molecule has 0 heterocycles. The third kappa shape index (κ3) is 3.77. The van der Waals surface area contributed by atoms with Crippen molar-refractivity contribution in [2.24, 2.45) is 16.2 Å². The third-order valence-corrected chi connectivity index (χ3v) is 6.97. The van der Waals surface area contributed by atoms with Gasteiger partial charge < -0.3 is 4.74 Å². The second-order valence-electron chi connectivity index (χ2n) is 9.43. The highest BCUT2D eigenvalue weighted by molar-refractivity contribution is 5.89. The van der Waals surface area contributed by atoms with Crippen molar-refractivity contribution in [2.45, 2.75) is 66.7 Å². The molecule has 2 aliphatic carbocycles. The van der Waals surface area contributed by atoms with E-state index in [1.165, 1.54) is 31.3 Å². The molecule has 2 unspecified atom stereocenters. The highest BCUT2D eigenvalue weighted by Gasteiger charge is 2.69. The minimum atomic E-state index is -0.240. The molecule has 2 saturated carbocycles. The number of hydrogen-bond donors (Lipinski definition) is 0. The Kier molecular flexibility index (Phi) is 5.38. The lowest BCUT2D eigenvalue weighted by Gasteiger charge is -2.41. The van der Waals surface area contributed by atoms with Gasteiger partial charge in [-0.25, -0.2) is 4.79 Å². The number of hydrogen-bond acceptors (Lipinski definition) is 2. The van der Waals surface area contributed by atoms with Crippen LogP contribution in [0.1, 0.15) is 82.6 Å². The minimum absolute atomic E-state index is 0.240. The number of fused-ring (bicyclic) bond motifs is 1. The Balaban J connectivity index is 1.69. The fourth-order valence-corrected chi connectivity index (χ4v) is 5.15. The van der Waals surface area contributed by atoms with Gasteiger partial charge in [0.15, 0.2) is 0 Å². The van der Waals surface area contributed by atoms with Crippen molar-refractivity contribution in [3.63, 3.8) is 0 Å². The van der Waals surface area contributed by atoms with E-state index in [4.69, 9.17) is 4.74 Å². The lowest BCUT2D eigenvalue weighted by atomic mass is 9.63. The molecule has 0 amide bonds. The summed E-state index contributed by atoms with van der Waals surface area (Å²) in [6.45, 7) is 12.0. The van der Waals surface area contributed by atoms with E-state index in [2.05, 4.69) is 45.9 Å². The van der Waals surface area contributed by atoms with Crippen molar-refractivity contribution in [3.05, 3.63) is 53.1 Å². The Morgan fingerprint density at radius 2 is 1.85 bits per heavy atom. The van der Waals surface area contributed by atoms with E-state index >= 15 is 0 Å². The topological polar surface area (TPSA) is 26.3 Å². The van der Waals surface area contributed by atoms with Crippen LogP contribution in [0.5, 0.6) is 0 Å². The summed E-state index contributed by atoms with van der Waals surface area (Å²) in [6, 6.07) is 7.68. The van der Waals surface area contributed by atoms with Gasteiger partial charge in [-0.2, -0.15) is 0 Å². The van der Waals surface area contributed by atoms with Crippen LogP contribution in [-0.4, -0.2) is 12.6 Å². The van der Waals surface area contributed by atoms with Gasteiger partial charge in [0.05, 0.1) is 12.2 Å². The van der Waals surface area contributed by atoms with Crippen LogP contribution in [0.3, 0.4) is 0 Å². The summed E-state index contributed by atoms with van der Waals surface area (Å²) < 4.78 is 5.18. The Bertz CT molecular complexity index is 753. The molecule has 0 N–H and O–H groups in total. The number of rotatable bonds is 6. The molecule has 0 spiro atoms. The molecule has 27 heavy (non-hydrogen) atoms. The quantitative estimate of drug-likeness (QED) is 0.408. The average Bonchev–Trinajstić information content (AvgIpc) is 3.26. The first kappa shape index (κ1) is 19.9. The number of ether oxygens (including phenoxy) is 1. The minimum Gasteiger partial charge on any atom is -0.462 e. The number of carbonyl (C=O) groups is 1. The third-order valence-electron chi connectivity index (χ3n) is 6.97. The number of benzene rings is 1. The van der Waals surface area contributed by atoms with Crippen LogP contribution in [0.25, 0.3) is 6.08 Å². The summed E-state index contributed by atoms with van der Waals surface area (Å²) in [5.41, 5.74) is 4.22. The molecule has 0 aliphatic heterocycles. The van der Waals surface area contributed by atoms with Crippen LogP contribution < -0.4 is 0 Å². The van der Waals surface area contributed by atoms with E-state index in [0.717, 1.165) is 12.0 Å².